The third-order valence-corrected chi connectivity index (χ3v) is 4.83. The number of hydrogen-bond acceptors (Lipinski definition) is 2. The van der Waals surface area contributed by atoms with Crippen LogP contribution in [0.15, 0.2) is 0 Å². The zero-order valence-electron chi connectivity index (χ0n) is 10.0. The van der Waals surface area contributed by atoms with E-state index in [1.54, 1.807) is 0 Å². The van der Waals surface area contributed by atoms with Crippen molar-refractivity contribution in [3.8, 4) is 0 Å². The Bertz CT molecular complexity index is 292. The van der Waals surface area contributed by atoms with Crippen LogP contribution in [0.25, 0.3) is 0 Å². The van der Waals surface area contributed by atoms with Crippen LogP contribution >= 0.6 is 0 Å². The summed E-state index contributed by atoms with van der Waals surface area (Å²) < 4.78 is 0. The Kier molecular flexibility index (Phi) is 2.66. The Morgan fingerprint density at radius 2 is 2.12 bits per heavy atom. The average molecular weight is 222 g/mol. The van der Waals surface area contributed by atoms with Crippen molar-refractivity contribution in [3.05, 3.63) is 0 Å². The Hall–Kier alpha value is -0.570. The molecule has 3 heteroatoms. The predicted molar refractivity (Wildman–Crippen MR) is 63.0 cm³/mol. The van der Waals surface area contributed by atoms with E-state index in [4.69, 9.17) is 0 Å². The molecule has 0 spiro atoms. The van der Waals surface area contributed by atoms with Crippen LogP contribution in [0.3, 0.4) is 0 Å². The van der Waals surface area contributed by atoms with Gasteiger partial charge in [0.25, 0.3) is 0 Å². The van der Waals surface area contributed by atoms with E-state index >= 15 is 0 Å². The van der Waals surface area contributed by atoms with Crippen molar-refractivity contribution in [2.45, 2.75) is 63.6 Å². The summed E-state index contributed by atoms with van der Waals surface area (Å²) in [6.07, 6.45) is 7.27. The molecule has 2 N–H and O–H groups in total. The van der Waals surface area contributed by atoms with Gasteiger partial charge in [-0.2, -0.15) is 0 Å². The molecule has 3 fully saturated rings. The van der Waals surface area contributed by atoms with E-state index < -0.39 is 0 Å². The first-order chi connectivity index (χ1) is 7.74. The lowest BCUT2D eigenvalue weighted by Gasteiger charge is -2.24. The highest BCUT2D eigenvalue weighted by molar-refractivity contribution is 5.80. The van der Waals surface area contributed by atoms with Gasteiger partial charge in [-0.1, -0.05) is 13.3 Å². The second kappa shape index (κ2) is 4.02. The van der Waals surface area contributed by atoms with Crippen molar-refractivity contribution in [1.29, 1.82) is 0 Å². The molecule has 2 heterocycles. The smallest absolute Gasteiger partial charge is 0.224 e. The lowest BCUT2D eigenvalue weighted by Crippen LogP contribution is -2.43. The molecule has 0 radical (unpaired) electrons. The molecule has 2 aliphatic heterocycles. The molecule has 90 valence electrons. The fourth-order valence-corrected chi connectivity index (χ4v) is 3.76. The second-order valence-electron chi connectivity index (χ2n) is 5.91. The summed E-state index contributed by atoms with van der Waals surface area (Å²) in [7, 11) is 0. The number of rotatable bonds is 2. The summed E-state index contributed by atoms with van der Waals surface area (Å²) in [4.78, 5) is 12.2. The molecule has 0 aromatic rings. The van der Waals surface area contributed by atoms with Crippen molar-refractivity contribution in [2.75, 3.05) is 0 Å². The van der Waals surface area contributed by atoms with Gasteiger partial charge in [0, 0.05) is 18.1 Å². The van der Waals surface area contributed by atoms with Gasteiger partial charge >= 0.3 is 0 Å². The van der Waals surface area contributed by atoms with E-state index in [-0.39, 0.29) is 5.92 Å². The lowest BCUT2D eigenvalue weighted by molar-refractivity contribution is -0.126. The molecule has 5 atom stereocenters. The van der Waals surface area contributed by atoms with E-state index in [0.717, 1.165) is 6.42 Å². The molecule has 0 aromatic heterocycles. The second-order valence-corrected chi connectivity index (χ2v) is 5.91. The van der Waals surface area contributed by atoms with Gasteiger partial charge in [-0.3, -0.25) is 4.79 Å². The van der Waals surface area contributed by atoms with Crippen LogP contribution in [0.5, 0.6) is 0 Å². The third kappa shape index (κ3) is 1.75. The number of fused-ring (bicyclic) bond motifs is 2. The summed E-state index contributed by atoms with van der Waals surface area (Å²) in [5.41, 5.74) is 0. The highest BCUT2D eigenvalue weighted by Gasteiger charge is 2.43. The fourth-order valence-electron chi connectivity index (χ4n) is 3.76. The van der Waals surface area contributed by atoms with Gasteiger partial charge < -0.3 is 10.6 Å². The first-order valence-corrected chi connectivity index (χ1v) is 6.80. The molecule has 5 unspecified atom stereocenters. The molecule has 16 heavy (non-hydrogen) atoms. The minimum atomic E-state index is 0.256. The summed E-state index contributed by atoms with van der Waals surface area (Å²) in [5, 5.41) is 6.81. The van der Waals surface area contributed by atoms with Gasteiger partial charge in [-0.25, -0.2) is 0 Å². The quantitative estimate of drug-likeness (QED) is 0.742. The van der Waals surface area contributed by atoms with Crippen LogP contribution < -0.4 is 10.6 Å². The number of amides is 1. The third-order valence-electron chi connectivity index (χ3n) is 4.83. The Labute approximate surface area is 97.4 Å². The Balaban J connectivity index is 1.57. The number of nitrogens with one attached hydrogen (secondary N) is 2. The van der Waals surface area contributed by atoms with Crippen LogP contribution in [-0.2, 0) is 4.79 Å². The van der Waals surface area contributed by atoms with Crippen molar-refractivity contribution >= 4 is 5.91 Å². The summed E-state index contributed by atoms with van der Waals surface area (Å²) >= 11 is 0. The molecule has 2 saturated heterocycles. The standard InChI is InChI=1S/C13H22N2O/c1-8-3-2-4-11(8)15-13(16)10-7-9-5-6-12(10)14-9/h8-12,14H,2-7H2,1H3,(H,15,16). The van der Waals surface area contributed by atoms with Crippen LogP contribution in [0.2, 0.25) is 0 Å². The van der Waals surface area contributed by atoms with Crippen LogP contribution in [0.1, 0.15) is 45.4 Å². The molecule has 3 aliphatic rings. The van der Waals surface area contributed by atoms with E-state index in [0.29, 0.717) is 30.0 Å². The van der Waals surface area contributed by atoms with Gasteiger partial charge in [0.05, 0.1) is 5.92 Å². The molecule has 2 bridgehead atoms. The van der Waals surface area contributed by atoms with Crippen molar-refractivity contribution in [3.63, 3.8) is 0 Å². The number of hydrogen-bond donors (Lipinski definition) is 2. The minimum Gasteiger partial charge on any atom is -0.353 e. The fraction of sp³-hybridized carbons (Fsp3) is 0.923. The zero-order chi connectivity index (χ0) is 11.1. The van der Waals surface area contributed by atoms with E-state index in [1.807, 2.05) is 0 Å². The Morgan fingerprint density at radius 1 is 1.25 bits per heavy atom. The monoisotopic (exact) mass is 222 g/mol. The highest BCUT2D eigenvalue weighted by Crippen LogP contribution is 2.34. The molecule has 0 aromatic carbocycles. The molecular formula is C13H22N2O. The van der Waals surface area contributed by atoms with Gasteiger partial charge in [-0.05, 0) is 38.0 Å². The maximum atomic E-state index is 12.2. The molecule has 1 aliphatic carbocycles. The van der Waals surface area contributed by atoms with Crippen LogP contribution in [0.4, 0.5) is 0 Å². The lowest BCUT2D eigenvalue weighted by atomic mass is 9.88. The molecular weight excluding hydrogens is 200 g/mol. The minimum absolute atomic E-state index is 0.256. The van der Waals surface area contributed by atoms with Gasteiger partial charge in [0.15, 0.2) is 0 Å². The van der Waals surface area contributed by atoms with Gasteiger partial charge in [0.2, 0.25) is 5.91 Å². The summed E-state index contributed by atoms with van der Waals surface area (Å²) in [5.74, 6) is 1.25. The van der Waals surface area contributed by atoms with Crippen LogP contribution in [0, 0.1) is 11.8 Å². The largest absolute Gasteiger partial charge is 0.353 e. The van der Waals surface area contributed by atoms with Crippen molar-refractivity contribution in [2.24, 2.45) is 11.8 Å². The zero-order valence-corrected chi connectivity index (χ0v) is 10.0. The van der Waals surface area contributed by atoms with Gasteiger partial charge in [-0.15, -0.1) is 0 Å². The molecule has 3 nitrogen and oxygen atoms in total. The SMILES string of the molecule is CC1CCCC1NC(=O)C1CC2CCC1N2. The van der Waals surface area contributed by atoms with E-state index in [1.165, 1.54) is 32.1 Å². The van der Waals surface area contributed by atoms with E-state index in [9.17, 15) is 4.79 Å². The van der Waals surface area contributed by atoms with Crippen molar-refractivity contribution < 1.29 is 4.79 Å². The molecule has 1 saturated carbocycles. The topological polar surface area (TPSA) is 41.1 Å². The van der Waals surface area contributed by atoms with Crippen LogP contribution in [-0.4, -0.2) is 24.0 Å². The summed E-state index contributed by atoms with van der Waals surface area (Å²) in [6, 6.07) is 1.55. The maximum absolute atomic E-state index is 12.2. The first kappa shape index (κ1) is 10.6. The summed E-state index contributed by atoms with van der Waals surface area (Å²) in [6.45, 7) is 2.26. The average Bonchev–Trinajstić information content (AvgIpc) is 2.95. The Morgan fingerprint density at radius 3 is 2.69 bits per heavy atom. The predicted octanol–water partition coefficient (Wildman–Crippen LogP) is 1.43. The first-order valence-electron chi connectivity index (χ1n) is 6.80. The maximum Gasteiger partial charge on any atom is 0.224 e. The van der Waals surface area contributed by atoms with Crippen molar-refractivity contribution in [1.82, 2.24) is 10.6 Å². The highest BCUT2D eigenvalue weighted by atomic mass is 16.2. The normalized spacial score (nSPS) is 46.2. The molecule has 1 amide bonds. The van der Waals surface area contributed by atoms with Gasteiger partial charge in [0.1, 0.15) is 0 Å². The van der Waals surface area contributed by atoms with E-state index in [2.05, 4.69) is 17.6 Å². The number of carbonyl (C=O) groups is 1. The number of carbonyl (C=O) groups excluding carboxylic acids is 1. The molecule has 3 rings (SSSR count).